The maximum absolute atomic E-state index is 8.74. The summed E-state index contributed by atoms with van der Waals surface area (Å²) in [6.45, 7) is 2.77. The molecule has 0 aliphatic rings. The molecule has 0 aliphatic heterocycles. The van der Waals surface area contributed by atoms with E-state index in [1.807, 2.05) is 12.1 Å². The standard InChI is InChI=1S/C12H19BrN2OS.H2O4S/c13-11-5-4-7-15-12(11)16-9-3-1-2-6-14-8-10-17;1-5(2,3)4/h4-5,7,14,17H,1-3,6,8-10H2;(H2,1,2,3,4). The molecule has 0 unspecified atom stereocenters. The Kier molecular flexibility index (Phi) is 12.9. The van der Waals surface area contributed by atoms with Crippen LogP contribution in [-0.4, -0.2) is 48.0 Å². The third-order valence-corrected chi connectivity index (χ3v) is 3.08. The zero-order valence-electron chi connectivity index (χ0n) is 12.0. The summed E-state index contributed by atoms with van der Waals surface area (Å²) in [5, 5.41) is 3.32. The van der Waals surface area contributed by atoms with Crippen LogP contribution >= 0.6 is 28.6 Å². The lowest BCUT2D eigenvalue weighted by molar-refractivity contribution is 0.292. The summed E-state index contributed by atoms with van der Waals surface area (Å²) in [7, 11) is -4.67. The lowest BCUT2D eigenvalue weighted by Crippen LogP contribution is -2.17. The Balaban J connectivity index is 0.000000763. The summed E-state index contributed by atoms with van der Waals surface area (Å²) >= 11 is 7.54. The van der Waals surface area contributed by atoms with Crippen molar-refractivity contribution in [2.24, 2.45) is 0 Å². The highest BCUT2D eigenvalue weighted by Crippen LogP contribution is 2.20. The van der Waals surface area contributed by atoms with Gasteiger partial charge in [0.15, 0.2) is 0 Å². The minimum atomic E-state index is -4.67. The first-order chi connectivity index (χ1) is 10.3. The molecule has 0 saturated carbocycles. The number of nitrogens with zero attached hydrogens (tertiary/aromatic N) is 1. The molecule has 128 valence electrons. The molecule has 22 heavy (non-hydrogen) atoms. The zero-order valence-corrected chi connectivity index (χ0v) is 15.3. The van der Waals surface area contributed by atoms with Gasteiger partial charge in [-0.05, 0) is 53.9 Å². The van der Waals surface area contributed by atoms with Crippen LogP contribution in [0.5, 0.6) is 5.88 Å². The van der Waals surface area contributed by atoms with Crippen molar-refractivity contribution in [3.63, 3.8) is 0 Å². The largest absolute Gasteiger partial charge is 0.477 e. The van der Waals surface area contributed by atoms with Gasteiger partial charge in [0.1, 0.15) is 0 Å². The van der Waals surface area contributed by atoms with Crippen LogP contribution in [0.4, 0.5) is 0 Å². The van der Waals surface area contributed by atoms with Crippen LogP contribution < -0.4 is 10.1 Å². The molecule has 0 amide bonds. The van der Waals surface area contributed by atoms with Gasteiger partial charge in [0, 0.05) is 18.5 Å². The summed E-state index contributed by atoms with van der Waals surface area (Å²) in [4.78, 5) is 4.15. The summed E-state index contributed by atoms with van der Waals surface area (Å²) in [5.41, 5.74) is 0. The maximum Gasteiger partial charge on any atom is 0.394 e. The highest BCUT2D eigenvalue weighted by atomic mass is 79.9. The number of thiol groups is 1. The molecule has 0 bridgehead atoms. The van der Waals surface area contributed by atoms with Gasteiger partial charge in [0.25, 0.3) is 0 Å². The molecule has 0 radical (unpaired) electrons. The Hall–Kier alpha value is -0.390. The fourth-order valence-electron chi connectivity index (χ4n) is 1.38. The van der Waals surface area contributed by atoms with Crippen molar-refractivity contribution >= 4 is 39.0 Å². The zero-order chi connectivity index (χ0) is 16.8. The molecular formula is C12H21BrN2O5S2. The molecule has 1 rings (SSSR count). The summed E-state index contributed by atoms with van der Waals surface area (Å²) in [5.74, 6) is 1.58. The van der Waals surface area contributed by atoms with Crippen LogP contribution in [0.25, 0.3) is 0 Å². The van der Waals surface area contributed by atoms with E-state index in [4.69, 9.17) is 22.3 Å². The van der Waals surface area contributed by atoms with Crippen molar-refractivity contribution in [1.82, 2.24) is 10.3 Å². The monoisotopic (exact) mass is 416 g/mol. The molecule has 0 fully saturated rings. The Morgan fingerprint density at radius 3 is 2.55 bits per heavy atom. The molecule has 1 aromatic heterocycles. The number of hydrogen-bond donors (Lipinski definition) is 4. The third-order valence-electron chi connectivity index (χ3n) is 2.25. The predicted octanol–water partition coefficient (Wildman–Crippen LogP) is 2.26. The Bertz CT molecular complexity index is 494. The van der Waals surface area contributed by atoms with Crippen molar-refractivity contribution in [3.8, 4) is 5.88 Å². The summed E-state index contributed by atoms with van der Waals surface area (Å²) in [6.07, 6.45) is 5.15. The summed E-state index contributed by atoms with van der Waals surface area (Å²) < 4.78 is 38.1. The van der Waals surface area contributed by atoms with Gasteiger partial charge in [-0.25, -0.2) is 4.98 Å². The van der Waals surface area contributed by atoms with E-state index in [0.29, 0.717) is 5.88 Å². The Morgan fingerprint density at radius 1 is 1.27 bits per heavy atom. The van der Waals surface area contributed by atoms with Crippen molar-refractivity contribution in [2.45, 2.75) is 19.3 Å². The van der Waals surface area contributed by atoms with Gasteiger partial charge in [0.05, 0.1) is 11.1 Å². The van der Waals surface area contributed by atoms with E-state index in [1.54, 1.807) is 6.20 Å². The number of ether oxygens (including phenoxy) is 1. The molecule has 1 heterocycles. The van der Waals surface area contributed by atoms with E-state index < -0.39 is 10.4 Å². The smallest absolute Gasteiger partial charge is 0.394 e. The van der Waals surface area contributed by atoms with E-state index in [2.05, 4.69) is 38.9 Å². The quantitative estimate of drug-likeness (QED) is 0.277. The van der Waals surface area contributed by atoms with E-state index >= 15 is 0 Å². The van der Waals surface area contributed by atoms with E-state index in [0.717, 1.165) is 36.3 Å². The Labute approximate surface area is 145 Å². The number of halogens is 1. The van der Waals surface area contributed by atoms with Gasteiger partial charge < -0.3 is 10.1 Å². The second-order valence-electron chi connectivity index (χ2n) is 4.12. The predicted molar refractivity (Wildman–Crippen MR) is 92.2 cm³/mol. The van der Waals surface area contributed by atoms with E-state index in [1.165, 1.54) is 12.8 Å². The topological polar surface area (TPSA) is 109 Å². The van der Waals surface area contributed by atoms with Crippen LogP contribution in [-0.2, 0) is 10.4 Å². The molecule has 3 N–H and O–H groups in total. The van der Waals surface area contributed by atoms with Gasteiger partial charge in [-0.1, -0.05) is 0 Å². The van der Waals surface area contributed by atoms with Crippen LogP contribution in [0.3, 0.4) is 0 Å². The molecular weight excluding hydrogens is 396 g/mol. The third kappa shape index (κ3) is 16.0. The second kappa shape index (κ2) is 13.1. The number of rotatable bonds is 9. The fraction of sp³-hybridized carbons (Fsp3) is 0.583. The van der Waals surface area contributed by atoms with Gasteiger partial charge in [-0.15, -0.1) is 0 Å². The summed E-state index contributed by atoms with van der Waals surface area (Å²) in [6, 6.07) is 3.81. The average molecular weight is 417 g/mol. The molecule has 10 heteroatoms. The second-order valence-corrected chi connectivity index (χ2v) is 6.32. The fourth-order valence-corrected chi connectivity index (χ4v) is 1.91. The van der Waals surface area contributed by atoms with Crippen LogP contribution in [0.2, 0.25) is 0 Å². The average Bonchev–Trinajstić information content (AvgIpc) is 2.42. The van der Waals surface area contributed by atoms with Crippen LogP contribution in [0.1, 0.15) is 19.3 Å². The molecule has 7 nitrogen and oxygen atoms in total. The molecule has 1 aromatic rings. The highest BCUT2D eigenvalue weighted by molar-refractivity contribution is 9.10. The molecule has 0 atom stereocenters. The first-order valence-electron chi connectivity index (χ1n) is 6.59. The first-order valence-corrected chi connectivity index (χ1v) is 9.41. The van der Waals surface area contributed by atoms with Crippen molar-refractivity contribution < 1.29 is 22.3 Å². The minimum Gasteiger partial charge on any atom is -0.477 e. The number of aromatic nitrogens is 1. The number of pyridine rings is 1. The van der Waals surface area contributed by atoms with Crippen molar-refractivity contribution in [1.29, 1.82) is 0 Å². The maximum atomic E-state index is 8.74. The van der Waals surface area contributed by atoms with Gasteiger partial charge in [-0.2, -0.15) is 21.0 Å². The molecule has 0 spiro atoms. The van der Waals surface area contributed by atoms with E-state index in [9.17, 15) is 0 Å². The Morgan fingerprint density at radius 2 is 1.95 bits per heavy atom. The number of nitrogens with one attached hydrogen (secondary N) is 1. The SMILES string of the molecule is O=S(=O)(O)O.SCCNCCCCCOc1ncccc1Br. The lowest BCUT2D eigenvalue weighted by Gasteiger charge is -2.06. The van der Waals surface area contributed by atoms with Gasteiger partial charge >= 0.3 is 10.4 Å². The number of hydrogen-bond acceptors (Lipinski definition) is 6. The van der Waals surface area contributed by atoms with Crippen LogP contribution in [0, 0.1) is 0 Å². The van der Waals surface area contributed by atoms with Crippen LogP contribution in [0.15, 0.2) is 22.8 Å². The molecule has 0 saturated heterocycles. The van der Waals surface area contributed by atoms with Gasteiger partial charge in [-0.3, -0.25) is 9.11 Å². The van der Waals surface area contributed by atoms with Gasteiger partial charge in [0.2, 0.25) is 5.88 Å². The lowest BCUT2D eigenvalue weighted by atomic mass is 10.2. The minimum absolute atomic E-state index is 0.681. The van der Waals surface area contributed by atoms with Crippen molar-refractivity contribution in [2.75, 3.05) is 25.4 Å². The molecule has 0 aromatic carbocycles. The normalized spacial score (nSPS) is 10.7. The first kappa shape index (κ1) is 21.6. The highest BCUT2D eigenvalue weighted by Gasteiger charge is 2.00. The molecule has 0 aliphatic carbocycles. The number of unbranched alkanes of at least 4 members (excludes halogenated alkanes) is 2. The van der Waals surface area contributed by atoms with Crippen molar-refractivity contribution in [3.05, 3.63) is 22.8 Å². The van der Waals surface area contributed by atoms with E-state index in [-0.39, 0.29) is 0 Å².